The fourth-order valence-corrected chi connectivity index (χ4v) is 2.60. The quantitative estimate of drug-likeness (QED) is 0.327. The summed E-state index contributed by atoms with van der Waals surface area (Å²) in [5, 5.41) is 23.1. The number of hydrogen-bond acceptors (Lipinski definition) is 9. The third-order valence-corrected chi connectivity index (χ3v) is 3.89. The number of nitrogens with zero attached hydrogens (tertiary/aromatic N) is 4. The molecule has 1 aromatic heterocycles. The van der Waals surface area contributed by atoms with Crippen LogP contribution in [-0.2, 0) is 0 Å². The summed E-state index contributed by atoms with van der Waals surface area (Å²) in [5.41, 5.74) is 3.04. The third-order valence-electron chi connectivity index (χ3n) is 3.89. The van der Waals surface area contributed by atoms with Crippen molar-refractivity contribution in [1.29, 1.82) is 0 Å². The number of ether oxygens (including phenoxy) is 2. The maximum atomic E-state index is 12.2. The summed E-state index contributed by atoms with van der Waals surface area (Å²) in [6.45, 7) is 1.96. The van der Waals surface area contributed by atoms with E-state index >= 15 is 0 Å². The molecule has 3 rings (SSSR count). The van der Waals surface area contributed by atoms with Gasteiger partial charge in [0.25, 0.3) is 5.56 Å². The van der Waals surface area contributed by atoms with Gasteiger partial charge >= 0.3 is 5.69 Å². The molecular formula is C19H18N6O5. The van der Waals surface area contributed by atoms with Gasteiger partial charge in [0.1, 0.15) is 0 Å². The highest BCUT2D eigenvalue weighted by Crippen LogP contribution is 2.37. The number of benzene rings is 2. The zero-order valence-corrected chi connectivity index (χ0v) is 16.2. The highest BCUT2D eigenvalue weighted by atomic mass is 16.6. The van der Waals surface area contributed by atoms with Crippen LogP contribution in [0.3, 0.4) is 0 Å². The fraction of sp³-hybridized carbons (Fsp3) is 0.158. The van der Waals surface area contributed by atoms with E-state index in [1.807, 2.05) is 6.07 Å². The first-order valence-electron chi connectivity index (χ1n) is 8.84. The Bertz CT molecular complexity index is 1130. The molecule has 0 atom stereocenters. The molecule has 1 heterocycles. The lowest BCUT2D eigenvalue weighted by atomic mass is 10.2. The lowest BCUT2D eigenvalue weighted by Crippen LogP contribution is -2.15. The van der Waals surface area contributed by atoms with Gasteiger partial charge in [-0.15, -0.1) is 10.2 Å². The minimum Gasteiger partial charge on any atom is -0.493 e. The molecule has 0 aliphatic heterocycles. The molecule has 0 fully saturated rings. The molecule has 30 heavy (non-hydrogen) atoms. The Kier molecular flexibility index (Phi) is 6.33. The number of hydrazone groups is 1. The van der Waals surface area contributed by atoms with Crippen LogP contribution in [0.2, 0.25) is 0 Å². The number of nitrogens with one attached hydrogen (secondary N) is 2. The number of rotatable bonds is 8. The lowest BCUT2D eigenvalue weighted by molar-refractivity contribution is -0.385. The number of methoxy groups -OCH3 is 1. The highest BCUT2D eigenvalue weighted by Gasteiger charge is 2.21. The molecule has 0 amide bonds. The Balaban J connectivity index is 1.81. The summed E-state index contributed by atoms with van der Waals surface area (Å²) in [6, 6.07) is 11.7. The second-order valence-corrected chi connectivity index (χ2v) is 5.85. The van der Waals surface area contributed by atoms with Crippen LogP contribution in [0.4, 0.5) is 11.6 Å². The number of nitro groups is 1. The molecule has 0 saturated heterocycles. The van der Waals surface area contributed by atoms with E-state index in [0.29, 0.717) is 11.1 Å². The van der Waals surface area contributed by atoms with Crippen LogP contribution in [0, 0.1) is 10.1 Å². The van der Waals surface area contributed by atoms with Crippen molar-refractivity contribution in [2.75, 3.05) is 19.1 Å². The standard InChI is InChI=1S/C19H18N6O5/c1-3-30-17-14(25(27)28)9-12(10-15(17)29-2)11-20-23-19-21-18(26)16(22-24-19)13-7-5-4-6-8-13/h4-11H,3H2,1-2H3,(H2,21,23,24,26)/b20-11+. The summed E-state index contributed by atoms with van der Waals surface area (Å²) in [7, 11) is 1.38. The van der Waals surface area contributed by atoms with Gasteiger partial charge in [0.15, 0.2) is 11.4 Å². The third kappa shape index (κ3) is 4.58. The van der Waals surface area contributed by atoms with Crippen LogP contribution in [-0.4, -0.2) is 40.0 Å². The molecule has 0 spiro atoms. The van der Waals surface area contributed by atoms with E-state index in [-0.39, 0.29) is 35.4 Å². The smallest absolute Gasteiger partial charge is 0.315 e. The Morgan fingerprint density at radius 1 is 1.27 bits per heavy atom. The summed E-state index contributed by atoms with van der Waals surface area (Å²) < 4.78 is 10.5. The van der Waals surface area contributed by atoms with Gasteiger partial charge in [-0.2, -0.15) is 5.10 Å². The normalized spacial score (nSPS) is 10.7. The molecule has 0 radical (unpaired) electrons. The van der Waals surface area contributed by atoms with E-state index in [1.54, 1.807) is 31.2 Å². The molecule has 2 aromatic carbocycles. The maximum absolute atomic E-state index is 12.2. The average molecular weight is 410 g/mol. The van der Waals surface area contributed by atoms with Gasteiger partial charge < -0.3 is 9.47 Å². The van der Waals surface area contributed by atoms with E-state index in [1.165, 1.54) is 25.5 Å². The SMILES string of the molecule is CCOc1c(OC)cc(/C=N/Nc2nnc(-c3ccccc3)c(=O)[nH]2)cc1[N+](=O)[O-]. The van der Waals surface area contributed by atoms with Crippen LogP contribution < -0.4 is 20.5 Å². The number of nitro benzene ring substituents is 1. The zero-order valence-electron chi connectivity index (χ0n) is 16.2. The Hall–Kier alpha value is -4.28. The van der Waals surface area contributed by atoms with Gasteiger partial charge in [-0.05, 0) is 13.0 Å². The first-order chi connectivity index (χ1) is 14.5. The van der Waals surface area contributed by atoms with E-state index in [0.717, 1.165) is 0 Å². The number of anilines is 1. The van der Waals surface area contributed by atoms with Crippen molar-refractivity contribution in [2.24, 2.45) is 5.10 Å². The van der Waals surface area contributed by atoms with E-state index in [2.05, 4.69) is 25.7 Å². The molecule has 2 N–H and O–H groups in total. The van der Waals surface area contributed by atoms with Crippen molar-refractivity contribution < 1.29 is 14.4 Å². The van der Waals surface area contributed by atoms with Crippen molar-refractivity contribution >= 4 is 17.9 Å². The number of hydrogen-bond donors (Lipinski definition) is 2. The highest BCUT2D eigenvalue weighted by molar-refractivity contribution is 5.83. The van der Waals surface area contributed by atoms with Gasteiger partial charge in [-0.1, -0.05) is 30.3 Å². The van der Waals surface area contributed by atoms with Crippen LogP contribution in [0.1, 0.15) is 12.5 Å². The van der Waals surface area contributed by atoms with Crippen LogP contribution >= 0.6 is 0 Å². The van der Waals surface area contributed by atoms with Crippen molar-refractivity contribution in [3.05, 3.63) is 68.5 Å². The van der Waals surface area contributed by atoms with Crippen LogP contribution in [0.15, 0.2) is 52.4 Å². The van der Waals surface area contributed by atoms with Crippen molar-refractivity contribution in [3.8, 4) is 22.8 Å². The Morgan fingerprint density at radius 3 is 2.67 bits per heavy atom. The largest absolute Gasteiger partial charge is 0.493 e. The molecule has 11 heteroatoms. The molecule has 0 aliphatic carbocycles. The van der Waals surface area contributed by atoms with Crippen molar-refractivity contribution in [2.45, 2.75) is 6.92 Å². The maximum Gasteiger partial charge on any atom is 0.315 e. The van der Waals surface area contributed by atoms with Gasteiger partial charge in [0.2, 0.25) is 11.7 Å². The number of H-pyrrole nitrogens is 1. The molecule has 154 valence electrons. The molecule has 3 aromatic rings. The van der Waals surface area contributed by atoms with E-state index in [4.69, 9.17) is 9.47 Å². The Morgan fingerprint density at radius 2 is 2.03 bits per heavy atom. The predicted molar refractivity (Wildman–Crippen MR) is 110 cm³/mol. The number of aromatic nitrogens is 3. The molecule has 0 saturated carbocycles. The molecule has 0 unspecified atom stereocenters. The number of aromatic amines is 1. The summed E-state index contributed by atoms with van der Waals surface area (Å²) in [4.78, 5) is 25.5. The van der Waals surface area contributed by atoms with E-state index < -0.39 is 10.5 Å². The van der Waals surface area contributed by atoms with Gasteiger partial charge in [-0.3, -0.25) is 19.9 Å². The summed E-state index contributed by atoms with van der Waals surface area (Å²) >= 11 is 0. The first-order valence-corrected chi connectivity index (χ1v) is 8.84. The Labute approximate surface area is 170 Å². The van der Waals surface area contributed by atoms with E-state index in [9.17, 15) is 14.9 Å². The summed E-state index contributed by atoms with van der Waals surface area (Å²) in [5.74, 6) is 0.262. The molecular weight excluding hydrogens is 392 g/mol. The molecule has 11 nitrogen and oxygen atoms in total. The predicted octanol–water partition coefficient (Wildman–Crippen LogP) is 2.59. The fourth-order valence-electron chi connectivity index (χ4n) is 2.60. The van der Waals surface area contributed by atoms with Crippen LogP contribution in [0.25, 0.3) is 11.3 Å². The minimum absolute atomic E-state index is 0.0170. The van der Waals surface area contributed by atoms with Crippen LogP contribution in [0.5, 0.6) is 11.5 Å². The second-order valence-electron chi connectivity index (χ2n) is 5.85. The van der Waals surface area contributed by atoms with Crippen molar-refractivity contribution in [1.82, 2.24) is 15.2 Å². The lowest BCUT2D eigenvalue weighted by Gasteiger charge is -2.10. The second kappa shape index (κ2) is 9.28. The van der Waals surface area contributed by atoms with Crippen molar-refractivity contribution in [3.63, 3.8) is 0 Å². The minimum atomic E-state index is -0.566. The zero-order chi connectivity index (χ0) is 21.5. The molecule has 0 aliphatic rings. The monoisotopic (exact) mass is 410 g/mol. The topological polar surface area (TPSA) is 145 Å². The van der Waals surface area contributed by atoms with Gasteiger partial charge in [0, 0.05) is 17.2 Å². The van der Waals surface area contributed by atoms with Gasteiger partial charge in [0.05, 0.1) is 24.9 Å². The average Bonchev–Trinajstić information content (AvgIpc) is 2.75. The van der Waals surface area contributed by atoms with Gasteiger partial charge in [-0.25, -0.2) is 5.43 Å². The summed E-state index contributed by atoms with van der Waals surface area (Å²) in [6.07, 6.45) is 1.32. The molecule has 0 bridgehead atoms. The first kappa shape index (κ1) is 20.5.